The minimum atomic E-state index is -0.0754. The molecule has 5 heteroatoms. The number of carbonyl (C=O) groups excluding carboxylic acids is 1. The van der Waals surface area contributed by atoms with Crippen LogP contribution in [0.15, 0.2) is 17.8 Å². The minimum Gasteiger partial charge on any atom is -0.312 e. The van der Waals surface area contributed by atoms with E-state index in [9.17, 15) is 4.79 Å². The number of carbonyl (C=O) groups is 1. The molecule has 15 heavy (non-hydrogen) atoms. The molecule has 1 aliphatic rings. The maximum absolute atomic E-state index is 11.6. The highest BCUT2D eigenvalue weighted by Crippen LogP contribution is 2.10. The summed E-state index contributed by atoms with van der Waals surface area (Å²) in [4.78, 5) is 11.6. The van der Waals surface area contributed by atoms with Gasteiger partial charge in [-0.3, -0.25) is 4.79 Å². The number of hydrogen-bond donors (Lipinski definition) is 1. The Morgan fingerprint density at radius 2 is 2.33 bits per heavy atom. The van der Waals surface area contributed by atoms with Crippen LogP contribution in [0.4, 0.5) is 0 Å². The molecular formula is C10H14N4O. The molecule has 0 aliphatic carbocycles. The first-order valence-corrected chi connectivity index (χ1v) is 4.98. The fourth-order valence-corrected chi connectivity index (χ4v) is 1.36. The molecule has 1 aromatic rings. The van der Waals surface area contributed by atoms with E-state index in [1.165, 1.54) is 0 Å². The number of allylic oxidation sites excluding steroid dienone is 2. The molecule has 80 valence electrons. The summed E-state index contributed by atoms with van der Waals surface area (Å²) in [7, 11) is 0. The lowest BCUT2D eigenvalue weighted by molar-refractivity contribution is 0.104. The van der Waals surface area contributed by atoms with E-state index in [2.05, 4.69) is 15.6 Å². The molecule has 1 saturated heterocycles. The summed E-state index contributed by atoms with van der Waals surface area (Å²) in [5, 5.41) is 11.0. The van der Waals surface area contributed by atoms with Crippen LogP contribution in [0.2, 0.25) is 0 Å². The second-order valence-electron chi connectivity index (χ2n) is 3.98. The lowest BCUT2D eigenvalue weighted by atomic mass is 10.2. The number of rotatable bonds is 3. The molecule has 0 bridgehead atoms. The van der Waals surface area contributed by atoms with Gasteiger partial charge in [0.1, 0.15) is 0 Å². The minimum absolute atomic E-state index is 0.0754. The number of nitrogens with zero attached hydrogens (tertiary/aromatic N) is 3. The van der Waals surface area contributed by atoms with Gasteiger partial charge in [0.25, 0.3) is 0 Å². The van der Waals surface area contributed by atoms with Crippen LogP contribution < -0.4 is 5.32 Å². The standard InChI is InChI=1S/C10H14N4O/c1-7(2)3-10(15)9-6-14(13-12-9)8-4-11-5-8/h3,6,8,11H,4-5H2,1-2H3. The lowest BCUT2D eigenvalue weighted by Gasteiger charge is -2.26. The van der Waals surface area contributed by atoms with E-state index in [0.717, 1.165) is 18.7 Å². The van der Waals surface area contributed by atoms with Crippen molar-refractivity contribution in [2.75, 3.05) is 13.1 Å². The fraction of sp³-hybridized carbons (Fsp3) is 0.500. The average molecular weight is 206 g/mol. The van der Waals surface area contributed by atoms with Gasteiger partial charge in [-0.1, -0.05) is 10.8 Å². The van der Waals surface area contributed by atoms with Crippen molar-refractivity contribution in [3.63, 3.8) is 0 Å². The Kier molecular flexibility index (Phi) is 2.64. The average Bonchev–Trinajstić information content (AvgIpc) is 2.48. The first-order chi connectivity index (χ1) is 7.16. The third-order valence-corrected chi connectivity index (χ3v) is 2.32. The van der Waals surface area contributed by atoms with Crippen LogP contribution >= 0.6 is 0 Å². The number of hydrogen-bond acceptors (Lipinski definition) is 4. The highest BCUT2D eigenvalue weighted by molar-refractivity contribution is 6.03. The van der Waals surface area contributed by atoms with Crippen molar-refractivity contribution in [2.45, 2.75) is 19.9 Å². The van der Waals surface area contributed by atoms with Crippen LogP contribution in [0.25, 0.3) is 0 Å². The van der Waals surface area contributed by atoms with Gasteiger partial charge in [0.05, 0.1) is 12.2 Å². The summed E-state index contributed by atoms with van der Waals surface area (Å²) in [6, 6.07) is 0.353. The van der Waals surface area contributed by atoms with E-state index in [-0.39, 0.29) is 5.78 Å². The third kappa shape index (κ3) is 2.12. The summed E-state index contributed by atoms with van der Waals surface area (Å²) >= 11 is 0. The first-order valence-electron chi connectivity index (χ1n) is 4.98. The molecule has 0 aromatic carbocycles. The van der Waals surface area contributed by atoms with E-state index in [1.54, 1.807) is 17.0 Å². The van der Waals surface area contributed by atoms with Crippen molar-refractivity contribution in [2.24, 2.45) is 0 Å². The normalized spacial score (nSPS) is 15.9. The van der Waals surface area contributed by atoms with Gasteiger partial charge in [-0.25, -0.2) is 4.68 Å². The Morgan fingerprint density at radius 3 is 2.87 bits per heavy atom. The largest absolute Gasteiger partial charge is 0.312 e. The Labute approximate surface area is 88.2 Å². The molecular weight excluding hydrogens is 192 g/mol. The zero-order valence-corrected chi connectivity index (χ0v) is 8.90. The Bertz CT molecular complexity index is 399. The second-order valence-corrected chi connectivity index (χ2v) is 3.98. The summed E-state index contributed by atoms with van der Waals surface area (Å²) < 4.78 is 1.75. The molecule has 0 spiro atoms. The molecule has 1 fully saturated rings. The van der Waals surface area contributed by atoms with Crippen molar-refractivity contribution in [1.82, 2.24) is 20.3 Å². The fourth-order valence-electron chi connectivity index (χ4n) is 1.36. The Hall–Kier alpha value is -1.49. The van der Waals surface area contributed by atoms with Gasteiger partial charge in [0.15, 0.2) is 5.69 Å². The van der Waals surface area contributed by atoms with Crippen molar-refractivity contribution in [3.05, 3.63) is 23.5 Å². The summed E-state index contributed by atoms with van der Waals surface area (Å²) in [5.74, 6) is -0.0754. The summed E-state index contributed by atoms with van der Waals surface area (Å²) in [6.07, 6.45) is 3.29. The molecule has 2 rings (SSSR count). The molecule has 2 heterocycles. The molecule has 1 aliphatic heterocycles. The molecule has 1 N–H and O–H groups in total. The SMILES string of the molecule is CC(C)=CC(=O)c1cn(C2CNC2)nn1. The first kappa shape index (κ1) is 10.0. The Morgan fingerprint density at radius 1 is 1.60 bits per heavy atom. The van der Waals surface area contributed by atoms with Gasteiger partial charge in [-0.2, -0.15) is 0 Å². The molecule has 0 radical (unpaired) electrons. The zero-order valence-electron chi connectivity index (χ0n) is 8.90. The quantitative estimate of drug-likeness (QED) is 0.580. The smallest absolute Gasteiger partial charge is 0.207 e. The van der Waals surface area contributed by atoms with Crippen molar-refractivity contribution in [3.8, 4) is 0 Å². The third-order valence-electron chi connectivity index (χ3n) is 2.32. The van der Waals surface area contributed by atoms with E-state index < -0.39 is 0 Å². The predicted molar refractivity (Wildman–Crippen MR) is 55.7 cm³/mol. The van der Waals surface area contributed by atoms with E-state index in [0.29, 0.717) is 11.7 Å². The van der Waals surface area contributed by atoms with Crippen LogP contribution in [0, 0.1) is 0 Å². The van der Waals surface area contributed by atoms with Crippen LogP contribution in [-0.2, 0) is 0 Å². The van der Waals surface area contributed by atoms with Crippen molar-refractivity contribution >= 4 is 5.78 Å². The summed E-state index contributed by atoms with van der Waals surface area (Å²) in [6.45, 7) is 5.58. The predicted octanol–water partition coefficient (Wildman–Crippen LogP) is 0.571. The van der Waals surface area contributed by atoms with Crippen LogP contribution in [0.3, 0.4) is 0 Å². The molecule has 0 amide bonds. The van der Waals surface area contributed by atoms with Gasteiger partial charge < -0.3 is 5.32 Å². The van der Waals surface area contributed by atoms with E-state index >= 15 is 0 Å². The second kappa shape index (κ2) is 3.94. The maximum atomic E-state index is 11.6. The molecule has 5 nitrogen and oxygen atoms in total. The van der Waals surface area contributed by atoms with Crippen molar-refractivity contribution in [1.29, 1.82) is 0 Å². The van der Waals surface area contributed by atoms with Crippen LogP contribution in [-0.4, -0.2) is 33.9 Å². The number of nitrogens with one attached hydrogen (secondary N) is 1. The molecule has 1 aromatic heterocycles. The van der Waals surface area contributed by atoms with Crippen LogP contribution in [0.5, 0.6) is 0 Å². The highest BCUT2D eigenvalue weighted by Gasteiger charge is 2.20. The molecule has 0 atom stereocenters. The van der Waals surface area contributed by atoms with Gasteiger partial charge >= 0.3 is 0 Å². The lowest BCUT2D eigenvalue weighted by Crippen LogP contribution is -2.43. The molecule has 0 saturated carbocycles. The Balaban J connectivity index is 2.12. The van der Waals surface area contributed by atoms with Crippen molar-refractivity contribution < 1.29 is 4.79 Å². The van der Waals surface area contributed by atoms with Gasteiger partial charge in [0, 0.05) is 13.1 Å². The number of ketones is 1. The monoisotopic (exact) mass is 206 g/mol. The van der Waals surface area contributed by atoms with Gasteiger partial charge in [-0.05, 0) is 19.9 Å². The van der Waals surface area contributed by atoms with E-state index in [4.69, 9.17) is 0 Å². The highest BCUT2D eigenvalue weighted by atomic mass is 16.1. The topological polar surface area (TPSA) is 59.8 Å². The molecule has 0 unspecified atom stereocenters. The summed E-state index contributed by atoms with van der Waals surface area (Å²) in [5.41, 5.74) is 1.39. The van der Waals surface area contributed by atoms with Gasteiger partial charge in [0.2, 0.25) is 5.78 Å². The number of aromatic nitrogens is 3. The maximum Gasteiger partial charge on any atom is 0.207 e. The zero-order chi connectivity index (χ0) is 10.8. The van der Waals surface area contributed by atoms with Gasteiger partial charge in [-0.15, -0.1) is 5.10 Å². The van der Waals surface area contributed by atoms with Crippen LogP contribution in [0.1, 0.15) is 30.4 Å². The van der Waals surface area contributed by atoms with E-state index in [1.807, 2.05) is 13.8 Å².